The first-order valence-electron chi connectivity index (χ1n) is 4.33. The molecule has 0 heterocycles. The second kappa shape index (κ2) is 3.60. The Balaban J connectivity index is 2.24. The van der Waals surface area contributed by atoms with Crippen molar-refractivity contribution in [1.29, 1.82) is 0 Å². The quantitative estimate of drug-likeness (QED) is 0.654. The number of nitrogens with one attached hydrogen (secondary N) is 1. The SMILES string of the molecule is CCN(CC)C(=O)NC1CC1. The van der Waals surface area contributed by atoms with Gasteiger partial charge in [0.05, 0.1) is 0 Å². The van der Waals surface area contributed by atoms with Crippen LogP contribution in [-0.4, -0.2) is 30.1 Å². The molecule has 2 amide bonds. The molecule has 3 nitrogen and oxygen atoms in total. The van der Waals surface area contributed by atoms with Crippen molar-refractivity contribution < 1.29 is 4.79 Å². The van der Waals surface area contributed by atoms with Gasteiger partial charge in [0.25, 0.3) is 0 Å². The molecule has 11 heavy (non-hydrogen) atoms. The van der Waals surface area contributed by atoms with Crippen molar-refractivity contribution in [1.82, 2.24) is 10.2 Å². The van der Waals surface area contributed by atoms with E-state index in [1.165, 1.54) is 0 Å². The molecule has 3 heteroatoms. The monoisotopic (exact) mass is 156 g/mol. The van der Waals surface area contributed by atoms with E-state index in [0.717, 1.165) is 25.9 Å². The number of carbonyl (C=O) groups is 1. The van der Waals surface area contributed by atoms with Crippen molar-refractivity contribution in [2.45, 2.75) is 32.7 Å². The van der Waals surface area contributed by atoms with Crippen LogP contribution in [0.3, 0.4) is 0 Å². The normalized spacial score (nSPS) is 16.2. The summed E-state index contributed by atoms with van der Waals surface area (Å²) in [7, 11) is 0. The van der Waals surface area contributed by atoms with E-state index in [4.69, 9.17) is 0 Å². The average molecular weight is 156 g/mol. The number of urea groups is 1. The Bertz CT molecular complexity index is 139. The van der Waals surface area contributed by atoms with Gasteiger partial charge in [0.15, 0.2) is 0 Å². The Hall–Kier alpha value is -0.730. The van der Waals surface area contributed by atoms with Gasteiger partial charge >= 0.3 is 6.03 Å². The maximum atomic E-state index is 11.3. The molecule has 1 fully saturated rings. The molecule has 0 unspecified atom stereocenters. The first-order chi connectivity index (χ1) is 5.27. The molecular formula is C8H16N2O. The van der Waals surface area contributed by atoms with Crippen molar-refractivity contribution in [3.05, 3.63) is 0 Å². The minimum Gasteiger partial charge on any atom is -0.335 e. The summed E-state index contributed by atoms with van der Waals surface area (Å²) in [6, 6.07) is 0.570. The number of rotatable bonds is 3. The van der Waals surface area contributed by atoms with Gasteiger partial charge in [0.2, 0.25) is 0 Å². The molecular weight excluding hydrogens is 140 g/mol. The summed E-state index contributed by atoms with van der Waals surface area (Å²) in [6.07, 6.45) is 2.32. The molecule has 0 bridgehead atoms. The average Bonchev–Trinajstić information content (AvgIpc) is 2.74. The molecule has 64 valence electrons. The van der Waals surface area contributed by atoms with Crippen LogP contribution in [0.4, 0.5) is 4.79 Å². The lowest BCUT2D eigenvalue weighted by atomic mass is 10.5. The van der Waals surface area contributed by atoms with Gasteiger partial charge < -0.3 is 10.2 Å². The predicted octanol–water partition coefficient (Wildman–Crippen LogP) is 1.20. The molecule has 0 aromatic heterocycles. The summed E-state index contributed by atoms with van der Waals surface area (Å²) < 4.78 is 0. The molecule has 1 aliphatic carbocycles. The van der Waals surface area contributed by atoms with Crippen LogP contribution in [0, 0.1) is 0 Å². The predicted molar refractivity (Wildman–Crippen MR) is 44.5 cm³/mol. The van der Waals surface area contributed by atoms with E-state index in [9.17, 15) is 4.79 Å². The fourth-order valence-corrected chi connectivity index (χ4v) is 1.00. The van der Waals surface area contributed by atoms with Crippen LogP contribution in [0.25, 0.3) is 0 Å². The zero-order chi connectivity index (χ0) is 8.27. The third-order valence-corrected chi connectivity index (χ3v) is 1.96. The molecule has 1 N–H and O–H groups in total. The van der Waals surface area contributed by atoms with Crippen molar-refractivity contribution in [3.63, 3.8) is 0 Å². The van der Waals surface area contributed by atoms with Gasteiger partial charge in [-0.2, -0.15) is 0 Å². The number of hydrogen-bond acceptors (Lipinski definition) is 1. The van der Waals surface area contributed by atoms with E-state index in [1.54, 1.807) is 4.90 Å². The smallest absolute Gasteiger partial charge is 0.317 e. The number of amides is 2. The Morgan fingerprint density at radius 1 is 1.45 bits per heavy atom. The van der Waals surface area contributed by atoms with E-state index in [0.29, 0.717) is 6.04 Å². The summed E-state index contributed by atoms with van der Waals surface area (Å²) >= 11 is 0. The molecule has 0 aromatic rings. The third-order valence-electron chi connectivity index (χ3n) is 1.96. The topological polar surface area (TPSA) is 32.3 Å². The van der Waals surface area contributed by atoms with Gasteiger partial charge in [-0.25, -0.2) is 4.79 Å². The van der Waals surface area contributed by atoms with E-state index in [1.807, 2.05) is 13.8 Å². The first kappa shape index (κ1) is 8.37. The molecule has 0 radical (unpaired) electrons. The van der Waals surface area contributed by atoms with Crippen LogP contribution in [0.1, 0.15) is 26.7 Å². The zero-order valence-electron chi connectivity index (χ0n) is 7.26. The van der Waals surface area contributed by atoms with Crippen molar-refractivity contribution in [2.24, 2.45) is 0 Å². The summed E-state index contributed by atoms with van der Waals surface area (Å²) in [5.41, 5.74) is 0. The van der Waals surface area contributed by atoms with Crippen LogP contribution in [0.2, 0.25) is 0 Å². The molecule has 0 atom stereocenters. The molecule has 0 aliphatic heterocycles. The van der Waals surface area contributed by atoms with Crippen molar-refractivity contribution in [3.8, 4) is 0 Å². The molecule has 0 spiro atoms. The van der Waals surface area contributed by atoms with E-state index in [2.05, 4.69) is 5.32 Å². The van der Waals surface area contributed by atoms with Crippen LogP contribution < -0.4 is 5.32 Å². The van der Waals surface area contributed by atoms with Crippen LogP contribution in [0.5, 0.6) is 0 Å². The summed E-state index contributed by atoms with van der Waals surface area (Å²) in [4.78, 5) is 13.1. The minimum absolute atomic E-state index is 0.0949. The van der Waals surface area contributed by atoms with Crippen molar-refractivity contribution >= 4 is 6.03 Å². The number of hydrogen-bond donors (Lipinski definition) is 1. The zero-order valence-corrected chi connectivity index (χ0v) is 7.26. The highest BCUT2D eigenvalue weighted by atomic mass is 16.2. The lowest BCUT2D eigenvalue weighted by Gasteiger charge is -2.18. The Kier molecular flexibility index (Phi) is 2.74. The standard InChI is InChI=1S/C8H16N2O/c1-3-10(4-2)8(11)9-7-5-6-7/h7H,3-6H2,1-2H3,(H,9,11). The number of nitrogens with zero attached hydrogens (tertiary/aromatic N) is 1. The van der Waals surface area contributed by atoms with Gasteiger partial charge in [0.1, 0.15) is 0 Å². The lowest BCUT2D eigenvalue weighted by molar-refractivity contribution is 0.203. The van der Waals surface area contributed by atoms with Gasteiger partial charge in [-0.15, -0.1) is 0 Å². The largest absolute Gasteiger partial charge is 0.335 e. The minimum atomic E-state index is 0.0949. The highest BCUT2D eigenvalue weighted by Crippen LogP contribution is 2.18. The van der Waals surface area contributed by atoms with Gasteiger partial charge in [-0.3, -0.25) is 0 Å². The Morgan fingerprint density at radius 2 is 2.00 bits per heavy atom. The van der Waals surface area contributed by atoms with E-state index in [-0.39, 0.29) is 6.03 Å². The third kappa shape index (κ3) is 2.41. The molecule has 0 saturated heterocycles. The highest BCUT2D eigenvalue weighted by Gasteiger charge is 2.24. The Labute approximate surface area is 67.8 Å². The van der Waals surface area contributed by atoms with Gasteiger partial charge in [-0.1, -0.05) is 0 Å². The van der Waals surface area contributed by atoms with E-state index < -0.39 is 0 Å². The fourth-order valence-electron chi connectivity index (χ4n) is 1.00. The summed E-state index contributed by atoms with van der Waals surface area (Å²) in [5.74, 6) is 0. The first-order valence-corrected chi connectivity index (χ1v) is 4.33. The second-order valence-corrected chi connectivity index (χ2v) is 2.90. The van der Waals surface area contributed by atoms with Gasteiger partial charge in [0, 0.05) is 19.1 Å². The molecule has 1 aliphatic rings. The molecule has 1 rings (SSSR count). The summed E-state index contributed by atoms with van der Waals surface area (Å²) in [6.45, 7) is 5.59. The highest BCUT2D eigenvalue weighted by molar-refractivity contribution is 5.74. The van der Waals surface area contributed by atoms with Crippen LogP contribution in [0.15, 0.2) is 0 Å². The number of carbonyl (C=O) groups excluding carboxylic acids is 1. The lowest BCUT2D eigenvalue weighted by Crippen LogP contribution is -2.40. The molecule has 1 saturated carbocycles. The second-order valence-electron chi connectivity index (χ2n) is 2.90. The fraction of sp³-hybridized carbons (Fsp3) is 0.875. The maximum Gasteiger partial charge on any atom is 0.317 e. The Morgan fingerprint density at radius 3 is 2.36 bits per heavy atom. The summed E-state index contributed by atoms with van der Waals surface area (Å²) in [5, 5.41) is 2.94. The van der Waals surface area contributed by atoms with Crippen LogP contribution in [-0.2, 0) is 0 Å². The van der Waals surface area contributed by atoms with Gasteiger partial charge in [-0.05, 0) is 26.7 Å². The van der Waals surface area contributed by atoms with E-state index >= 15 is 0 Å². The van der Waals surface area contributed by atoms with Crippen molar-refractivity contribution in [2.75, 3.05) is 13.1 Å². The molecule has 0 aromatic carbocycles. The van der Waals surface area contributed by atoms with Crippen LogP contribution >= 0.6 is 0 Å². The maximum absolute atomic E-state index is 11.3.